The molecule has 0 unspecified atom stereocenters. The lowest BCUT2D eigenvalue weighted by Crippen LogP contribution is -2.17. The predicted molar refractivity (Wildman–Crippen MR) is 96.7 cm³/mol. The minimum atomic E-state index is -0.657. The molecule has 0 spiro atoms. The van der Waals surface area contributed by atoms with E-state index < -0.39 is 5.97 Å². The summed E-state index contributed by atoms with van der Waals surface area (Å²) in [6.07, 6.45) is 1.47. The van der Waals surface area contributed by atoms with Crippen LogP contribution in [-0.2, 0) is 21.4 Å². The third kappa shape index (κ3) is 4.95. The molecule has 0 radical (unpaired) electrons. The molecule has 0 aliphatic carbocycles. The maximum absolute atomic E-state index is 12.1. The summed E-state index contributed by atoms with van der Waals surface area (Å²) in [5, 5.41) is 3.70. The number of benzene rings is 1. The van der Waals surface area contributed by atoms with E-state index in [-0.39, 0.29) is 19.0 Å². The summed E-state index contributed by atoms with van der Waals surface area (Å²) in [7, 11) is 3.46. The minimum absolute atomic E-state index is 0.249. The Labute approximate surface area is 152 Å². The summed E-state index contributed by atoms with van der Waals surface area (Å²) in [5.74, 6) is -0.169. The van der Waals surface area contributed by atoms with Gasteiger partial charge in [0.15, 0.2) is 6.61 Å². The molecule has 0 N–H and O–H groups in total. The van der Waals surface area contributed by atoms with Gasteiger partial charge in [0.1, 0.15) is 5.75 Å². The number of hydrogen-bond donors (Lipinski definition) is 0. The van der Waals surface area contributed by atoms with Crippen LogP contribution in [0.5, 0.6) is 5.75 Å². The fraction of sp³-hybridized carbons (Fsp3) is 0.316. The van der Waals surface area contributed by atoms with Crippen molar-refractivity contribution in [1.29, 1.82) is 0 Å². The molecule has 2 rings (SSSR count). The van der Waals surface area contributed by atoms with Crippen LogP contribution in [-0.4, -0.2) is 42.9 Å². The molecule has 2 aromatic rings. The molecule has 0 aliphatic heterocycles. The smallest absolute Gasteiger partial charge is 0.347 e. The Bertz CT molecular complexity index is 806. The number of rotatable bonds is 8. The van der Waals surface area contributed by atoms with Crippen LogP contribution in [0.15, 0.2) is 35.5 Å². The maximum atomic E-state index is 12.1. The molecule has 0 atom stereocenters. The number of esters is 1. The number of methoxy groups -OCH3 is 1. The zero-order valence-corrected chi connectivity index (χ0v) is 15.3. The number of carbonyl (C=O) groups is 2. The van der Waals surface area contributed by atoms with Crippen molar-refractivity contribution in [3.05, 3.63) is 52.8 Å². The molecular weight excluding hydrogens is 336 g/mol. The van der Waals surface area contributed by atoms with Gasteiger partial charge in [-0.15, -0.1) is 0 Å². The van der Waals surface area contributed by atoms with Crippen molar-refractivity contribution in [2.75, 3.05) is 20.3 Å². The van der Waals surface area contributed by atoms with Crippen LogP contribution >= 0.6 is 0 Å². The molecule has 0 fully saturated rings. The molecule has 0 amide bonds. The van der Waals surface area contributed by atoms with Crippen LogP contribution in [0.25, 0.3) is 0 Å². The average Bonchev–Trinajstić information content (AvgIpc) is 2.91. The first-order chi connectivity index (χ1) is 12.4. The van der Waals surface area contributed by atoms with Gasteiger partial charge in [0.05, 0.1) is 13.3 Å². The second kappa shape index (κ2) is 8.84. The number of aromatic nitrogens is 1. The van der Waals surface area contributed by atoms with Crippen LogP contribution in [0.3, 0.4) is 0 Å². The number of carbonyl (C=O) groups excluding carboxylic acids is 2. The molecule has 0 saturated heterocycles. The number of Topliss-reactive ketones (excluding diaryl/α,β-unsaturated/α-hetero) is 1. The predicted octanol–water partition coefficient (Wildman–Crippen LogP) is 2.43. The van der Waals surface area contributed by atoms with Gasteiger partial charge >= 0.3 is 5.97 Å². The van der Waals surface area contributed by atoms with Crippen LogP contribution < -0.4 is 4.74 Å². The second-order valence-corrected chi connectivity index (χ2v) is 5.71. The van der Waals surface area contributed by atoms with Gasteiger partial charge in [0.25, 0.3) is 0 Å². The molecule has 138 valence electrons. The minimum Gasteiger partial charge on any atom is -0.497 e. The Morgan fingerprint density at radius 3 is 2.42 bits per heavy atom. The van der Waals surface area contributed by atoms with E-state index in [9.17, 15) is 9.59 Å². The van der Waals surface area contributed by atoms with Gasteiger partial charge in [0.2, 0.25) is 12.4 Å². The number of aryl methyl sites for hydroxylation is 1. The molecule has 0 bridgehead atoms. The summed E-state index contributed by atoms with van der Waals surface area (Å²) >= 11 is 0. The topological polar surface area (TPSA) is 79.1 Å². The van der Waals surface area contributed by atoms with Crippen LogP contribution in [0.4, 0.5) is 0 Å². The Morgan fingerprint density at radius 1 is 1.15 bits per heavy atom. The van der Waals surface area contributed by atoms with Gasteiger partial charge in [-0.3, -0.25) is 4.79 Å². The van der Waals surface area contributed by atoms with Crippen LogP contribution in [0.1, 0.15) is 27.3 Å². The van der Waals surface area contributed by atoms with Crippen molar-refractivity contribution in [2.45, 2.75) is 13.8 Å². The highest BCUT2D eigenvalue weighted by atomic mass is 16.7. The fourth-order valence-electron chi connectivity index (χ4n) is 2.28. The standard InChI is InChI=1S/C19H22N2O5/c1-13-9-17(14(2)21(13)3)18(22)11-25-19(23)12-26-20-10-15-5-7-16(24-4)8-6-15/h5-10H,11-12H2,1-4H3/b20-10-. The van der Waals surface area contributed by atoms with E-state index in [0.29, 0.717) is 5.56 Å². The maximum Gasteiger partial charge on any atom is 0.347 e. The molecule has 7 heteroatoms. The number of hydrogen-bond acceptors (Lipinski definition) is 6. The first-order valence-electron chi connectivity index (χ1n) is 8.03. The van der Waals surface area contributed by atoms with Gasteiger partial charge in [-0.05, 0) is 49.7 Å². The summed E-state index contributed by atoms with van der Waals surface area (Å²) in [5.41, 5.74) is 3.15. The van der Waals surface area contributed by atoms with Crippen molar-refractivity contribution in [2.24, 2.45) is 12.2 Å². The molecule has 0 aliphatic rings. The van der Waals surface area contributed by atoms with Gasteiger partial charge in [-0.25, -0.2) is 4.79 Å². The number of ether oxygens (including phenoxy) is 2. The van der Waals surface area contributed by atoms with Crippen molar-refractivity contribution >= 4 is 18.0 Å². The quantitative estimate of drug-likeness (QED) is 0.313. The monoisotopic (exact) mass is 358 g/mol. The molecular formula is C19H22N2O5. The zero-order valence-electron chi connectivity index (χ0n) is 15.3. The molecule has 7 nitrogen and oxygen atoms in total. The molecule has 1 aromatic carbocycles. The zero-order chi connectivity index (χ0) is 19.1. The average molecular weight is 358 g/mol. The van der Waals surface area contributed by atoms with Gasteiger partial charge < -0.3 is 18.9 Å². The van der Waals surface area contributed by atoms with E-state index >= 15 is 0 Å². The molecule has 26 heavy (non-hydrogen) atoms. The summed E-state index contributed by atoms with van der Waals surface area (Å²) < 4.78 is 11.9. The number of nitrogens with zero attached hydrogens (tertiary/aromatic N) is 2. The van der Waals surface area contributed by atoms with E-state index in [1.54, 1.807) is 37.4 Å². The van der Waals surface area contributed by atoms with Crippen LogP contribution in [0.2, 0.25) is 0 Å². The van der Waals surface area contributed by atoms with E-state index in [1.807, 2.05) is 25.5 Å². The van der Waals surface area contributed by atoms with Crippen LogP contribution in [0, 0.1) is 13.8 Å². The lowest BCUT2D eigenvalue weighted by Gasteiger charge is -2.04. The van der Waals surface area contributed by atoms with E-state index in [0.717, 1.165) is 22.7 Å². The van der Waals surface area contributed by atoms with Crippen molar-refractivity contribution in [3.63, 3.8) is 0 Å². The molecule has 0 saturated carbocycles. The molecule has 1 heterocycles. The van der Waals surface area contributed by atoms with Gasteiger partial charge in [-0.1, -0.05) is 5.16 Å². The number of ketones is 1. The SMILES string of the molecule is COc1ccc(/C=N\OCC(=O)OCC(=O)c2cc(C)n(C)c2C)cc1. The van der Waals surface area contributed by atoms with E-state index in [2.05, 4.69) is 5.16 Å². The Kier molecular flexibility index (Phi) is 6.54. The van der Waals surface area contributed by atoms with Crippen molar-refractivity contribution in [3.8, 4) is 5.75 Å². The van der Waals surface area contributed by atoms with Crippen molar-refractivity contribution in [1.82, 2.24) is 4.57 Å². The normalized spacial score (nSPS) is 10.8. The highest BCUT2D eigenvalue weighted by molar-refractivity contribution is 5.99. The highest BCUT2D eigenvalue weighted by Crippen LogP contribution is 2.14. The lowest BCUT2D eigenvalue weighted by molar-refractivity contribution is -0.147. The van der Waals surface area contributed by atoms with Gasteiger partial charge in [0, 0.05) is 24.0 Å². The third-order valence-electron chi connectivity index (χ3n) is 4.01. The Hall–Kier alpha value is -3.09. The second-order valence-electron chi connectivity index (χ2n) is 5.71. The largest absolute Gasteiger partial charge is 0.497 e. The first-order valence-corrected chi connectivity index (χ1v) is 8.03. The summed E-state index contributed by atoms with van der Waals surface area (Å²) in [4.78, 5) is 28.7. The van der Waals surface area contributed by atoms with Crippen molar-refractivity contribution < 1.29 is 23.9 Å². The summed E-state index contributed by atoms with van der Waals surface area (Å²) in [6.45, 7) is 3.06. The van der Waals surface area contributed by atoms with E-state index in [4.69, 9.17) is 14.3 Å². The Morgan fingerprint density at radius 2 is 1.85 bits per heavy atom. The first kappa shape index (κ1) is 19.2. The highest BCUT2D eigenvalue weighted by Gasteiger charge is 2.16. The Balaban J connectivity index is 1.75. The number of oxime groups is 1. The van der Waals surface area contributed by atoms with Gasteiger partial charge in [-0.2, -0.15) is 0 Å². The lowest BCUT2D eigenvalue weighted by atomic mass is 10.1. The third-order valence-corrected chi connectivity index (χ3v) is 4.01. The fourth-order valence-corrected chi connectivity index (χ4v) is 2.28. The molecule has 1 aromatic heterocycles. The summed E-state index contributed by atoms with van der Waals surface area (Å²) in [6, 6.07) is 8.95. The van der Waals surface area contributed by atoms with E-state index in [1.165, 1.54) is 6.21 Å².